The van der Waals surface area contributed by atoms with Crippen LogP contribution in [0.1, 0.15) is 5.56 Å². The molecule has 1 aromatic carbocycles. The molecule has 1 aliphatic rings. The zero-order chi connectivity index (χ0) is 13.0. The molecule has 5 heteroatoms. The molecule has 18 heavy (non-hydrogen) atoms. The van der Waals surface area contributed by atoms with Gasteiger partial charge < -0.3 is 5.32 Å². The molecule has 0 bridgehead atoms. The van der Waals surface area contributed by atoms with E-state index in [0.29, 0.717) is 23.0 Å². The largest absolute Gasteiger partial charge is 0.314 e. The maximum absolute atomic E-state index is 12.0. The number of carbonyl (C=O) groups is 1. The Morgan fingerprint density at radius 2 is 2.00 bits per heavy atom. The Kier molecular flexibility index (Phi) is 5.01. The Balaban J connectivity index is 1.92. The van der Waals surface area contributed by atoms with Crippen LogP contribution in [0.3, 0.4) is 0 Å². The summed E-state index contributed by atoms with van der Waals surface area (Å²) in [5, 5.41) is 4.26. The molecule has 98 valence electrons. The third-order valence-electron chi connectivity index (χ3n) is 3.03. The first-order valence-corrected chi connectivity index (χ1v) is 6.80. The van der Waals surface area contributed by atoms with Crippen molar-refractivity contribution in [2.45, 2.75) is 6.42 Å². The maximum atomic E-state index is 12.0. The van der Waals surface area contributed by atoms with Gasteiger partial charge in [0, 0.05) is 32.6 Å². The van der Waals surface area contributed by atoms with Gasteiger partial charge in [-0.3, -0.25) is 9.69 Å². The monoisotopic (exact) mass is 286 g/mol. The molecule has 0 aromatic heterocycles. The van der Waals surface area contributed by atoms with Crippen LogP contribution in [-0.2, 0) is 11.2 Å². The molecule has 3 nitrogen and oxygen atoms in total. The molecule has 1 aliphatic heterocycles. The highest BCUT2D eigenvalue weighted by Gasteiger charge is 2.15. The van der Waals surface area contributed by atoms with E-state index < -0.39 is 0 Å². The molecule has 1 fully saturated rings. The van der Waals surface area contributed by atoms with Crippen LogP contribution in [-0.4, -0.2) is 43.4 Å². The van der Waals surface area contributed by atoms with E-state index in [1.165, 1.54) is 0 Å². The van der Waals surface area contributed by atoms with Crippen molar-refractivity contribution in [1.82, 2.24) is 10.2 Å². The summed E-state index contributed by atoms with van der Waals surface area (Å²) >= 11 is 12.0. The third kappa shape index (κ3) is 3.69. The molecule has 1 heterocycles. The molecule has 2 rings (SSSR count). The summed E-state index contributed by atoms with van der Waals surface area (Å²) in [6.45, 7) is 4.24. The van der Waals surface area contributed by atoms with Gasteiger partial charge in [-0.05, 0) is 11.6 Å². The van der Waals surface area contributed by atoms with Crippen molar-refractivity contribution in [3.05, 3.63) is 33.8 Å². The van der Waals surface area contributed by atoms with Gasteiger partial charge in [0.15, 0.2) is 5.78 Å². The van der Waals surface area contributed by atoms with Crippen LogP contribution in [0.2, 0.25) is 10.0 Å². The Hall–Kier alpha value is -0.610. The molecule has 1 aromatic rings. The predicted octanol–water partition coefficient (Wildman–Crippen LogP) is 2.01. The van der Waals surface area contributed by atoms with E-state index in [0.717, 1.165) is 31.7 Å². The molecule has 0 aliphatic carbocycles. The van der Waals surface area contributed by atoms with Crippen LogP contribution in [0.4, 0.5) is 0 Å². The fourth-order valence-electron chi connectivity index (χ4n) is 2.07. The number of hydrogen-bond donors (Lipinski definition) is 1. The van der Waals surface area contributed by atoms with E-state index in [1.807, 2.05) is 12.1 Å². The molecule has 0 radical (unpaired) electrons. The molecule has 0 spiro atoms. The van der Waals surface area contributed by atoms with Crippen molar-refractivity contribution >= 4 is 29.0 Å². The average Bonchev–Trinajstić information content (AvgIpc) is 2.36. The van der Waals surface area contributed by atoms with Crippen molar-refractivity contribution in [2.75, 3.05) is 32.7 Å². The summed E-state index contributed by atoms with van der Waals surface area (Å²) in [5.74, 6) is 0.182. The Labute approximate surface area is 117 Å². The highest BCUT2D eigenvalue weighted by atomic mass is 35.5. The van der Waals surface area contributed by atoms with E-state index in [-0.39, 0.29) is 5.78 Å². The number of halogens is 2. The van der Waals surface area contributed by atoms with E-state index in [2.05, 4.69) is 10.2 Å². The first-order chi connectivity index (χ1) is 8.66. The van der Waals surface area contributed by atoms with Crippen LogP contribution in [0, 0.1) is 0 Å². The van der Waals surface area contributed by atoms with Gasteiger partial charge in [-0.1, -0.05) is 35.3 Å². The number of benzene rings is 1. The topological polar surface area (TPSA) is 32.3 Å². The Morgan fingerprint density at radius 1 is 1.28 bits per heavy atom. The predicted molar refractivity (Wildman–Crippen MR) is 74.5 cm³/mol. The average molecular weight is 287 g/mol. The zero-order valence-corrected chi connectivity index (χ0v) is 11.6. The minimum Gasteiger partial charge on any atom is -0.314 e. The SMILES string of the molecule is O=C(Cc1cccc(Cl)c1Cl)CN1CCNCC1. The molecule has 1 N–H and O–H groups in total. The molecular weight excluding hydrogens is 271 g/mol. The van der Waals surface area contributed by atoms with Crippen LogP contribution in [0.5, 0.6) is 0 Å². The minimum absolute atomic E-state index is 0.182. The summed E-state index contributed by atoms with van der Waals surface area (Å²) in [5.41, 5.74) is 0.810. The highest BCUT2D eigenvalue weighted by Crippen LogP contribution is 2.25. The maximum Gasteiger partial charge on any atom is 0.151 e. The Morgan fingerprint density at radius 3 is 2.72 bits per heavy atom. The van der Waals surface area contributed by atoms with Gasteiger partial charge in [-0.2, -0.15) is 0 Å². The lowest BCUT2D eigenvalue weighted by Crippen LogP contribution is -2.45. The number of carbonyl (C=O) groups excluding carboxylic acids is 1. The third-order valence-corrected chi connectivity index (χ3v) is 3.89. The molecule has 1 saturated heterocycles. The van der Waals surface area contributed by atoms with Crippen molar-refractivity contribution in [1.29, 1.82) is 0 Å². The molecular formula is C13H16Cl2N2O. The summed E-state index contributed by atoms with van der Waals surface area (Å²) in [4.78, 5) is 14.1. The molecule has 0 amide bonds. The minimum atomic E-state index is 0.182. The zero-order valence-electron chi connectivity index (χ0n) is 10.1. The van der Waals surface area contributed by atoms with Gasteiger partial charge in [0.25, 0.3) is 0 Å². The van der Waals surface area contributed by atoms with E-state index in [4.69, 9.17) is 23.2 Å². The van der Waals surface area contributed by atoms with Crippen LogP contribution >= 0.6 is 23.2 Å². The molecule has 0 saturated carbocycles. The first kappa shape index (κ1) is 13.8. The summed E-state index contributed by atoms with van der Waals surface area (Å²) in [7, 11) is 0. The highest BCUT2D eigenvalue weighted by molar-refractivity contribution is 6.42. The van der Waals surface area contributed by atoms with Crippen LogP contribution < -0.4 is 5.32 Å². The smallest absolute Gasteiger partial charge is 0.151 e. The lowest BCUT2D eigenvalue weighted by atomic mass is 10.1. The summed E-state index contributed by atoms with van der Waals surface area (Å²) in [6, 6.07) is 5.40. The number of ketones is 1. The van der Waals surface area contributed by atoms with Crippen LogP contribution in [0.25, 0.3) is 0 Å². The van der Waals surface area contributed by atoms with Gasteiger partial charge >= 0.3 is 0 Å². The van der Waals surface area contributed by atoms with Crippen molar-refractivity contribution in [3.63, 3.8) is 0 Å². The van der Waals surface area contributed by atoms with Gasteiger partial charge in [0.1, 0.15) is 0 Å². The number of hydrogen-bond acceptors (Lipinski definition) is 3. The number of nitrogens with one attached hydrogen (secondary N) is 1. The Bertz CT molecular complexity index is 431. The van der Waals surface area contributed by atoms with E-state index >= 15 is 0 Å². The quantitative estimate of drug-likeness (QED) is 0.919. The van der Waals surface area contributed by atoms with Gasteiger partial charge in [-0.25, -0.2) is 0 Å². The second-order valence-electron chi connectivity index (χ2n) is 4.45. The lowest BCUT2D eigenvalue weighted by Gasteiger charge is -2.26. The lowest BCUT2D eigenvalue weighted by molar-refractivity contribution is -0.119. The fourth-order valence-corrected chi connectivity index (χ4v) is 2.46. The number of piperazine rings is 1. The van der Waals surface area contributed by atoms with Gasteiger partial charge in [-0.15, -0.1) is 0 Å². The summed E-state index contributed by atoms with van der Waals surface area (Å²) in [6.07, 6.45) is 0.351. The molecule has 0 atom stereocenters. The second-order valence-corrected chi connectivity index (χ2v) is 5.24. The number of nitrogens with zero attached hydrogens (tertiary/aromatic N) is 1. The van der Waals surface area contributed by atoms with Gasteiger partial charge in [0.2, 0.25) is 0 Å². The molecule has 0 unspecified atom stereocenters. The number of rotatable bonds is 4. The fraction of sp³-hybridized carbons (Fsp3) is 0.462. The normalized spacial score (nSPS) is 16.8. The first-order valence-electron chi connectivity index (χ1n) is 6.04. The number of Topliss-reactive ketones (excluding diaryl/α,β-unsaturated/α-hetero) is 1. The van der Waals surface area contributed by atoms with Crippen molar-refractivity contribution in [2.24, 2.45) is 0 Å². The van der Waals surface area contributed by atoms with Crippen LogP contribution in [0.15, 0.2) is 18.2 Å². The standard InChI is InChI=1S/C13H16Cl2N2O/c14-12-3-1-2-10(13(12)15)8-11(18)9-17-6-4-16-5-7-17/h1-3,16H,4-9H2. The van der Waals surface area contributed by atoms with E-state index in [9.17, 15) is 4.79 Å². The second kappa shape index (κ2) is 6.53. The van der Waals surface area contributed by atoms with Gasteiger partial charge in [0.05, 0.1) is 16.6 Å². The van der Waals surface area contributed by atoms with Crippen molar-refractivity contribution < 1.29 is 4.79 Å². The van der Waals surface area contributed by atoms with E-state index in [1.54, 1.807) is 6.07 Å². The van der Waals surface area contributed by atoms with Crippen molar-refractivity contribution in [3.8, 4) is 0 Å². The summed E-state index contributed by atoms with van der Waals surface area (Å²) < 4.78 is 0.